The molecule has 0 aromatic heterocycles. The lowest BCUT2D eigenvalue weighted by Gasteiger charge is -2.06. The number of nitrogens with two attached hydrogens (primary N) is 1. The Morgan fingerprint density at radius 2 is 1.71 bits per heavy atom. The number of rotatable bonds is 6. The van der Waals surface area contributed by atoms with Gasteiger partial charge in [-0.1, -0.05) is 30.3 Å². The number of hydrogen-bond acceptors (Lipinski definition) is 3. The molecule has 112 valence electrons. The van der Waals surface area contributed by atoms with E-state index in [1.807, 2.05) is 30.3 Å². The minimum atomic E-state index is -3.45. The van der Waals surface area contributed by atoms with E-state index < -0.39 is 15.7 Å². The SMILES string of the molecule is Nc1ccc(S(=O)(=O)CCCCc2ccccc2)cc1F. The first-order valence-electron chi connectivity index (χ1n) is 6.81. The summed E-state index contributed by atoms with van der Waals surface area (Å²) in [6.07, 6.45) is 2.16. The van der Waals surface area contributed by atoms with Crippen LogP contribution in [0.15, 0.2) is 53.4 Å². The Kier molecular flexibility index (Phi) is 4.96. The molecule has 0 radical (unpaired) electrons. The van der Waals surface area contributed by atoms with Crippen LogP contribution in [0.25, 0.3) is 0 Å². The Bertz CT molecular complexity index is 699. The van der Waals surface area contributed by atoms with Crippen molar-refractivity contribution in [3.63, 3.8) is 0 Å². The second-order valence-corrected chi connectivity index (χ2v) is 7.05. The first kappa shape index (κ1) is 15.5. The van der Waals surface area contributed by atoms with Crippen molar-refractivity contribution in [3.05, 3.63) is 59.9 Å². The lowest BCUT2D eigenvalue weighted by molar-refractivity contribution is 0.587. The van der Waals surface area contributed by atoms with Gasteiger partial charge in [-0.3, -0.25) is 0 Å². The fourth-order valence-corrected chi connectivity index (χ4v) is 3.46. The quantitative estimate of drug-likeness (QED) is 0.658. The van der Waals surface area contributed by atoms with Gasteiger partial charge in [0, 0.05) is 0 Å². The summed E-state index contributed by atoms with van der Waals surface area (Å²) in [6, 6.07) is 13.5. The molecule has 0 aliphatic carbocycles. The van der Waals surface area contributed by atoms with Crippen molar-refractivity contribution in [1.29, 1.82) is 0 Å². The van der Waals surface area contributed by atoms with Gasteiger partial charge in [0.15, 0.2) is 9.84 Å². The molecular formula is C16H18FNO2S. The third-order valence-electron chi connectivity index (χ3n) is 3.30. The van der Waals surface area contributed by atoms with E-state index >= 15 is 0 Å². The van der Waals surface area contributed by atoms with Gasteiger partial charge in [-0.05, 0) is 43.0 Å². The predicted molar refractivity (Wildman–Crippen MR) is 82.2 cm³/mol. The predicted octanol–water partition coefficient (Wildman–Crippen LogP) is 3.20. The largest absolute Gasteiger partial charge is 0.396 e. The van der Waals surface area contributed by atoms with Gasteiger partial charge < -0.3 is 5.73 Å². The van der Waals surface area contributed by atoms with Crippen LogP contribution in [0, 0.1) is 5.82 Å². The molecule has 0 fully saturated rings. The van der Waals surface area contributed by atoms with E-state index in [4.69, 9.17) is 5.73 Å². The van der Waals surface area contributed by atoms with Crippen molar-refractivity contribution < 1.29 is 12.8 Å². The van der Waals surface area contributed by atoms with Crippen LogP contribution in [0.1, 0.15) is 18.4 Å². The van der Waals surface area contributed by atoms with Gasteiger partial charge in [-0.15, -0.1) is 0 Å². The highest BCUT2D eigenvalue weighted by molar-refractivity contribution is 7.91. The minimum absolute atomic E-state index is 0.00564. The maximum absolute atomic E-state index is 13.3. The van der Waals surface area contributed by atoms with Crippen molar-refractivity contribution >= 4 is 15.5 Å². The highest BCUT2D eigenvalue weighted by Crippen LogP contribution is 2.18. The lowest BCUT2D eigenvalue weighted by atomic mass is 10.1. The van der Waals surface area contributed by atoms with Gasteiger partial charge in [-0.2, -0.15) is 0 Å². The zero-order valence-electron chi connectivity index (χ0n) is 11.6. The Morgan fingerprint density at radius 1 is 1.00 bits per heavy atom. The Balaban J connectivity index is 1.91. The summed E-state index contributed by atoms with van der Waals surface area (Å²) in [4.78, 5) is -0.00564. The highest BCUT2D eigenvalue weighted by Gasteiger charge is 2.15. The van der Waals surface area contributed by atoms with Gasteiger partial charge in [0.2, 0.25) is 0 Å². The molecule has 2 aromatic rings. The fraction of sp³-hybridized carbons (Fsp3) is 0.250. The normalized spacial score (nSPS) is 11.5. The zero-order valence-corrected chi connectivity index (χ0v) is 12.4. The number of anilines is 1. The molecule has 0 saturated carbocycles. The molecule has 0 amide bonds. The van der Waals surface area contributed by atoms with Crippen LogP contribution in [0.3, 0.4) is 0 Å². The molecule has 0 bridgehead atoms. The van der Waals surface area contributed by atoms with Gasteiger partial charge >= 0.3 is 0 Å². The van der Waals surface area contributed by atoms with Crippen molar-refractivity contribution in [2.45, 2.75) is 24.2 Å². The number of benzene rings is 2. The number of nitrogen functional groups attached to an aromatic ring is 1. The van der Waals surface area contributed by atoms with Gasteiger partial charge in [0.05, 0.1) is 16.3 Å². The average molecular weight is 307 g/mol. The van der Waals surface area contributed by atoms with E-state index in [0.717, 1.165) is 18.9 Å². The molecule has 3 nitrogen and oxygen atoms in total. The molecule has 2 N–H and O–H groups in total. The minimum Gasteiger partial charge on any atom is -0.396 e. The van der Waals surface area contributed by atoms with Gasteiger partial charge in [0.1, 0.15) is 5.82 Å². The number of sulfone groups is 1. The molecule has 2 rings (SSSR count). The molecule has 5 heteroatoms. The maximum Gasteiger partial charge on any atom is 0.178 e. The smallest absolute Gasteiger partial charge is 0.178 e. The first-order valence-corrected chi connectivity index (χ1v) is 8.46. The van der Waals surface area contributed by atoms with E-state index in [0.29, 0.717) is 6.42 Å². The summed E-state index contributed by atoms with van der Waals surface area (Å²) in [7, 11) is -3.45. The highest BCUT2D eigenvalue weighted by atomic mass is 32.2. The topological polar surface area (TPSA) is 60.2 Å². The lowest BCUT2D eigenvalue weighted by Crippen LogP contribution is -2.08. The fourth-order valence-electron chi connectivity index (χ4n) is 2.09. The average Bonchev–Trinajstić information content (AvgIpc) is 2.47. The summed E-state index contributed by atoms with van der Waals surface area (Å²) in [6.45, 7) is 0. The second-order valence-electron chi connectivity index (χ2n) is 4.94. The van der Waals surface area contributed by atoms with Crippen LogP contribution >= 0.6 is 0 Å². The molecule has 0 atom stereocenters. The summed E-state index contributed by atoms with van der Waals surface area (Å²) in [5.74, 6) is -0.677. The van der Waals surface area contributed by atoms with Crippen molar-refractivity contribution in [2.24, 2.45) is 0 Å². The summed E-state index contributed by atoms with van der Waals surface area (Å²) >= 11 is 0. The molecule has 0 heterocycles. The van der Waals surface area contributed by atoms with Gasteiger partial charge in [-0.25, -0.2) is 12.8 Å². The van der Waals surface area contributed by atoms with Crippen LogP contribution in [-0.4, -0.2) is 14.2 Å². The van der Waals surface area contributed by atoms with E-state index in [-0.39, 0.29) is 16.3 Å². The van der Waals surface area contributed by atoms with Crippen LogP contribution < -0.4 is 5.73 Å². The molecule has 0 aliphatic rings. The number of hydrogen-bond donors (Lipinski definition) is 1. The molecule has 2 aromatic carbocycles. The second kappa shape index (κ2) is 6.72. The monoisotopic (exact) mass is 307 g/mol. The third-order valence-corrected chi connectivity index (χ3v) is 5.10. The molecule has 0 spiro atoms. The van der Waals surface area contributed by atoms with E-state index in [1.165, 1.54) is 17.7 Å². The molecule has 21 heavy (non-hydrogen) atoms. The van der Waals surface area contributed by atoms with Crippen LogP contribution in [0.2, 0.25) is 0 Å². The van der Waals surface area contributed by atoms with Crippen LogP contribution in [0.4, 0.5) is 10.1 Å². The van der Waals surface area contributed by atoms with Crippen molar-refractivity contribution in [3.8, 4) is 0 Å². The summed E-state index contributed by atoms with van der Waals surface area (Å²) < 4.78 is 37.5. The molecular weight excluding hydrogens is 289 g/mol. The number of halogens is 1. The number of unbranched alkanes of at least 4 members (excludes halogenated alkanes) is 1. The molecule has 0 unspecified atom stereocenters. The molecule has 0 aliphatic heterocycles. The Morgan fingerprint density at radius 3 is 2.38 bits per heavy atom. The van der Waals surface area contributed by atoms with E-state index in [1.54, 1.807) is 0 Å². The Hall–Kier alpha value is -1.88. The summed E-state index contributed by atoms with van der Waals surface area (Å²) in [5, 5.41) is 0. The molecule has 0 saturated heterocycles. The van der Waals surface area contributed by atoms with E-state index in [2.05, 4.69) is 0 Å². The summed E-state index contributed by atoms with van der Waals surface area (Å²) in [5.41, 5.74) is 6.49. The Labute approximate surface area is 124 Å². The van der Waals surface area contributed by atoms with Gasteiger partial charge in [0.25, 0.3) is 0 Å². The maximum atomic E-state index is 13.3. The van der Waals surface area contributed by atoms with Crippen LogP contribution in [-0.2, 0) is 16.3 Å². The number of aryl methyl sites for hydroxylation is 1. The third kappa shape index (κ3) is 4.29. The first-order chi connectivity index (χ1) is 9.99. The van der Waals surface area contributed by atoms with Crippen molar-refractivity contribution in [1.82, 2.24) is 0 Å². The van der Waals surface area contributed by atoms with E-state index in [9.17, 15) is 12.8 Å². The zero-order chi connectivity index (χ0) is 15.3. The standard InChI is InChI=1S/C16H18FNO2S/c17-15-12-14(9-10-16(15)18)21(19,20)11-5-4-8-13-6-2-1-3-7-13/h1-3,6-7,9-10,12H,4-5,8,11,18H2. The van der Waals surface area contributed by atoms with Crippen molar-refractivity contribution in [2.75, 3.05) is 11.5 Å². The van der Waals surface area contributed by atoms with Crippen LogP contribution in [0.5, 0.6) is 0 Å².